The Labute approximate surface area is 137 Å². The summed E-state index contributed by atoms with van der Waals surface area (Å²) < 4.78 is 6.32. The van der Waals surface area contributed by atoms with Crippen LogP contribution >= 0.6 is 0 Å². The van der Waals surface area contributed by atoms with E-state index in [4.69, 9.17) is 16.2 Å². The molecule has 3 rings (SSSR count). The molecule has 122 valence electrons. The Bertz CT molecular complexity index is 978. The lowest BCUT2D eigenvalue weighted by Gasteiger charge is -2.13. The monoisotopic (exact) mass is 324 g/mol. The smallest absolute Gasteiger partial charge is 0.338 e. The number of benzene rings is 1. The van der Waals surface area contributed by atoms with Gasteiger partial charge >= 0.3 is 5.97 Å². The highest BCUT2D eigenvalue weighted by Crippen LogP contribution is 2.24. The van der Waals surface area contributed by atoms with Gasteiger partial charge in [-0.25, -0.2) is 9.78 Å². The number of fused-ring (bicyclic) bond motifs is 1. The largest absolute Gasteiger partial charge is 0.462 e. The van der Waals surface area contributed by atoms with Gasteiger partial charge in [0.1, 0.15) is 11.3 Å². The number of nitrogen functional groups attached to an aromatic ring is 2. The van der Waals surface area contributed by atoms with Crippen LogP contribution in [0.4, 0.5) is 11.4 Å². The number of hydrogen-bond donors (Lipinski definition) is 2. The number of aromatic nitrogens is 2. The Morgan fingerprint density at radius 2 is 1.88 bits per heavy atom. The first kappa shape index (κ1) is 15.5. The molecule has 0 atom stereocenters. The Morgan fingerprint density at radius 3 is 2.54 bits per heavy atom. The number of esters is 1. The molecule has 0 fully saturated rings. The summed E-state index contributed by atoms with van der Waals surface area (Å²) in [5.74, 6) is -0.420. The molecule has 0 radical (unpaired) electrons. The van der Waals surface area contributed by atoms with Crippen LogP contribution in [0.5, 0.6) is 0 Å². The van der Waals surface area contributed by atoms with Gasteiger partial charge in [0.15, 0.2) is 0 Å². The number of pyridine rings is 2. The van der Waals surface area contributed by atoms with Crippen molar-refractivity contribution >= 4 is 28.4 Å². The molecule has 2 heterocycles. The summed E-state index contributed by atoms with van der Waals surface area (Å²) in [5.41, 5.74) is 12.8. The fourth-order valence-electron chi connectivity index (χ4n) is 2.46. The quantitative estimate of drug-likeness (QED) is 0.709. The lowest BCUT2D eigenvalue weighted by atomic mass is 10.1. The molecule has 4 N–H and O–H groups in total. The maximum Gasteiger partial charge on any atom is 0.338 e. The van der Waals surface area contributed by atoms with Crippen molar-refractivity contribution in [2.75, 3.05) is 18.1 Å². The third kappa shape index (κ3) is 2.45. The highest BCUT2D eigenvalue weighted by molar-refractivity contribution is 5.95. The van der Waals surface area contributed by atoms with Crippen molar-refractivity contribution in [3.05, 3.63) is 58.5 Å². The summed E-state index contributed by atoms with van der Waals surface area (Å²) in [7, 11) is 0. The molecule has 0 spiro atoms. The summed E-state index contributed by atoms with van der Waals surface area (Å²) in [5, 5.41) is 0.587. The van der Waals surface area contributed by atoms with Gasteiger partial charge < -0.3 is 16.2 Å². The molecule has 0 aliphatic rings. The van der Waals surface area contributed by atoms with Gasteiger partial charge in [0.05, 0.1) is 23.5 Å². The number of nitrogens with zero attached hydrogens (tertiary/aromatic N) is 2. The van der Waals surface area contributed by atoms with Gasteiger partial charge in [-0.3, -0.25) is 9.36 Å². The van der Waals surface area contributed by atoms with E-state index in [0.29, 0.717) is 28.9 Å². The fraction of sp³-hybridized carbons (Fsp3) is 0.118. The first-order valence-electron chi connectivity index (χ1n) is 7.36. The van der Waals surface area contributed by atoms with Gasteiger partial charge in [-0.2, -0.15) is 0 Å². The van der Waals surface area contributed by atoms with E-state index in [1.165, 1.54) is 4.57 Å². The van der Waals surface area contributed by atoms with Crippen molar-refractivity contribution in [3.63, 3.8) is 0 Å². The predicted octanol–water partition coefficient (Wildman–Crippen LogP) is 1.73. The van der Waals surface area contributed by atoms with E-state index in [9.17, 15) is 9.59 Å². The van der Waals surface area contributed by atoms with Crippen LogP contribution in [-0.2, 0) is 4.74 Å². The second-order valence-corrected chi connectivity index (χ2v) is 5.11. The normalized spacial score (nSPS) is 10.7. The van der Waals surface area contributed by atoms with Crippen molar-refractivity contribution < 1.29 is 9.53 Å². The maximum atomic E-state index is 12.6. The highest BCUT2D eigenvalue weighted by atomic mass is 16.5. The van der Waals surface area contributed by atoms with E-state index in [0.717, 1.165) is 0 Å². The standard InChI is InChI=1S/C17H16N4O3/c1-2-24-17(23)10-5-7-11(8-6-10)21-15-12(4-3-9-20-15)13(18)14(19)16(21)22/h3-9H,2,18-19H2,1H3. The molecule has 0 saturated heterocycles. The van der Waals surface area contributed by atoms with E-state index in [1.807, 2.05) is 0 Å². The predicted molar refractivity (Wildman–Crippen MR) is 92.1 cm³/mol. The molecule has 0 aliphatic heterocycles. The topological polar surface area (TPSA) is 113 Å². The van der Waals surface area contributed by atoms with Gasteiger partial charge in [-0.1, -0.05) is 0 Å². The molecule has 7 heteroatoms. The third-order valence-corrected chi connectivity index (χ3v) is 3.65. The van der Waals surface area contributed by atoms with Crippen LogP contribution in [0.1, 0.15) is 17.3 Å². The molecule has 0 bridgehead atoms. The van der Waals surface area contributed by atoms with Crippen molar-refractivity contribution in [3.8, 4) is 5.69 Å². The Balaban J connectivity index is 2.20. The summed E-state index contributed by atoms with van der Waals surface area (Å²) in [6, 6.07) is 9.91. The average molecular weight is 324 g/mol. The van der Waals surface area contributed by atoms with E-state index in [-0.39, 0.29) is 11.4 Å². The zero-order valence-corrected chi connectivity index (χ0v) is 13.0. The lowest BCUT2D eigenvalue weighted by Crippen LogP contribution is -2.24. The van der Waals surface area contributed by atoms with Crippen molar-refractivity contribution in [1.82, 2.24) is 9.55 Å². The fourth-order valence-corrected chi connectivity index (χ4v) is 2.46. The van der Waals surface area contributed by atoms with Crippen LogP contribution in [0, 0.1) is 0 Å². The number of rotatable bonds is 3. The van der Waals surface area contributed by atoms with Crippen LogP contribution in [0.3, 0.4) is 0 Å². The number of carbonyl (C=O) groups excluding carboxylic acids is 1. The van der Waals surface area contributed by atoms with Gasteiger partial charge in [0.25, 0.3) is 5.56 Å². The molecule has 0 amide bonds. The molecule has 0 aliphatic carbocycles. The summed E-state index contributed by atoms with van der Waals surface area (Å²) >= 11 is 0. The van der Waals surface area contributed by atoms with E-state index < -0.39 is 11.5 Å². The van der Waals surface area contributed by atoms with E-state index in [2.05, 4.69) is 4.98 Å². The van der Waals surface area contributed by atoms with Crippen LogP contribution in [-0.4, -0.2) is 22.1 Å². The number of anilines is 2. The molecule has 2 aromatic heterocycles. The molecule has 0 unspecified atom stereocenters. The Kier molecular flexibility index (Phi) is 3.91. The third-order valence-electron chi connectivity index (χ3n) is 3.65. The zero-order valence-electron chi connectivity index (χ0n) is 13.0. The first-order valence-corrected chi connectivity index (χ1v) is 7.36. The second kappa shape index (κ2) is 6.04. The minimum Gasteiger partial charge on any atom is -0.462 e. The SMILES string of the molecule is CCOC(=O)c1ccc(-n2c(=O)c(N)c(N)c3cccnc32)cc1. The van der Waals surface area contributed by atoms with Crippen LogP contribution in [0.15, 0.2) is 47.4 Å². The first-order chi connectivity index (χ1) is 11.5. The number of carbonyl (C=O) groups is 1. The van der Waals surface area contributed by atoms with Crippen LogP contribution in [0.2, 0.25) is 0 Å². The van der Waals surface area contributed by atoms with Crippen LogP contribution in [0.25, 0.3) is 16.7 Å². The van der Waals surface area contributed by atoms with Gasteiger partial charge in [0, 0.05) is 11.6 Å². The minimum atomic E-state index is -0.456. The summed E-state index contributed by atoms with van der Waals surface area (Å²) in [6.07, 6.45) is 1.57. The van der Waals surface area contributed by atoms with Gasteiger partial charge in [-0.05, 0) is 43.3 Å². The number of nitrogens with two attached hydrogens (primary N) is 2. The van der Waals surface area contributed by atoms with Crippen molar-refractivity contribution in [1.29, 1.82) is 0 Å². The summed E-state index contributed by atoms with van der Waals surface area (Å²) in [6.45, 7) is 2.03. The highest BCUT2D eigenvalue weighted by Gasteiger charge is 2.15. The van der Waals surface area contributed by atoms with Gasteiger partial charge in [0.2, 0.25) is 0 Å². The average Bonchev–Trinajstić information content (AvgIpc) is 2.61. The second-order valence-electron chi connectivity index (χ2n) is 5.11. The van der Waals surface area contributed by atoms with Gasteiger partial charge in [-0.15, -0.1) is 0 Å². The Morgan fingerprint density at radius 1 is 1.17 bits per heavy atom. The van der Waals surface area contributed by atoms with Crippen LogP contribution < -0.4 is 17.0 Å². The molecule has 3 aromatic rings. The van der Waals surface area contributed by atoms with Crippen molar-refractivity contribution in [2.24, 2.45) is 0 Å². The van der Waals surface area contributed by atoms with Crippen molar-refractivity contribution in [2.45, 2.75) is 6.92 Å². The Hall–Kier alpha value is -3.35. The minimum absolute atomic E-state index is 0.0371. The molecule has 24 heavy (non-hydrogen) atoms. The summed E-state index contributed by atoms with van der Waals surface area (Å²) in [4.78, 5) is 28.5. The lowest BCUT2D eigenvalue weighted by molar-refractivity contribution is 0.0526. The van der Waals surface area contributed by atoms with E-state index in [1.54, 1.807) is 49.5 Å². The number of ether oxygens (including phenoxy) is 1. The number of hydrogen-bond acceptors (Lipinski definition) is 6. The molecule has 7 nitrogen and oxygen atoms in total. The zero-order chi connectivity index (χ0) is 17.3. The maximum absolute atomic E-state index is 12.6. The molecular formula is C17H16N4O3. The molecule has 1 aromatic carbocycles. The van der Waals surface area contributed by atoms with E-state index >= 15 is 0 Å². The molecule has 0 saturated carbocycles. The molecular weight excluding hydrogens is 308 g/mol.